The summed E-state index contributed by atoms with van der Waals surface area (Å²) in [4.78, 5) is 26.4. The largest absolute Gasteiger partial charge is 0.493 e. The second-order valence-electron chi connectivity index (χ2n) is 4.34. The number of benzene rings is 2. The minimum absolute atomic E-state index is 0.345. The van der Waals surface area contributed by atoms with Crippen molar-refractivity contribution in [2.24, 2.45) is 10.2 Å². The molecule has 7 heteroatoms. The molecule has 3 aromatic rings. The lowest BCUT2D eigenvalue weighted by molar-refractivity contribution is 0.450. The average molecular weight is 282 g/mol. The molecule has 0 atom stereocenters. The summed E-state index contributed by atoms with van der Waals surface area (Å²) >= 11 is 0. The van der Waals surface area contributed by atoms with Crippen LogP contribution in [0.5, 0.6) is 5.88 Å². The molecule has 0 amide bonds. The molecule has 1 aromatic heterocycles. The van der Waals surface area contributed by atoms with Gasteiger partial charge < -0.3 is 5.11 Å². The molecule has 0 fully saturated rings. The molecule has 21 heavy (non-hydrogen) atoms. The Balaban J connectivity index is 2.02. The van der Waals surface area contributed by atoms with Crippen LogP contribution in [0.15, 0.2) is 62.3 Å². The second kappa shape index (κ2) is 5.04. The van der Waals surface area contributed by atoms with E-state index in [1.54, 1.807) is 12.1 Å². The molecule has 0 unspecified atom stereocenters. The number of hydrogen-bond donors (Lipinski definition) is 3. The minimum Gasteiger partial charge on any atom is -0.493 e. The lowest BCUT2D eigenvalue weighted by Gasteiger charge is -1.98. The Morgan fingerprint density at radius 2 is 1.67 bits per heavy atom. The summed E-state index contributed by atoms with van der Waals surface area (Å²) < 4.78 is 0. The third-order valence-electron chi connectivity index (χ3n) is 2.90. The number of H-pyrrole nitrogens is 2. The van der Waals surface area contributed by atoms with Crippen LogP contribution in [0.3, 0.4) is 0 Å². The van der Waals surface area contributed by atoms with Crippen molar-refractivity contribution in [2.45, 2.75) is 0 Å². The highest BCUT2D eigenvalue weighted by Crippen LogP contribution is 2.24. The number of nitrogens with zero attached hydrogens (tertiary/aromatic N) is 2. The van der Waals surface area contributed by atoms with Crippen molar-refractivity contribution in [1.29, 1.82) is 0 Å². The van der Waals surface area contributed by atoms with Crippen molar-refractivity contribution in [3.05, 3.63) is 63.3 Å². The van der Waals surface area contributed by atoms with Crippen LogP contribution >= 0.6 is 0 Å². The van der Waals surface area contributed by atoms with Crippen LogP contribution in [0.25, 0.3) is 10.8 Å². The van der Waals surface area contributed by atoms with Gasteiger partial charge in [-0.3, -0.25) is 14.8 Å². The summed E-state index contributed by atoms with van der Waals surface area (Å²) in [5.74, 6) is -0.617. The monoisotopic (exact) mass is 282 g/mol. The standard InChI is InChI=1S/C14H10N4O3/c19-12-11(13(20)16-14(21)15-12)18-17-10-6-5-8-3-1-2-4-9(8)7-10/h1-7H,(H3,15,16,19,20,21). The zero-order chi connectivity index (χ0) is 14.8. The van der Waals surface area contributed by atoms with Gasteiger partial charge in [0.25, 0.3) is 5.56 Å². The third kappa shape index (κ3) is 2.57. The first-order valence-electron chi connectivity index (χ1n) is 6.09. The predicted octanol–water partition coefficient (Wildman–Crippen LogP) is 2.34. The number of aromatic hydroxyl groups is 1. The van der Waals surface area contributed by atoms with E-state index < -0.39 is 17.1 Å². The fraction of sp³-hybridized carbons (Fsp3) is 0. The lowest BCUT2D eigenvalue weighted by atomic mass is 10.1. The van der Waals surface area contributed by atoms with Crippen LogP contribution in [0.1, 0.15) is 0 Å². The number of nitrogens with one attached hydrogen (secondary N) is 2. The number of fused-ring (bicyclic) bond motifs is 1. The van der Waals surface area contributed by atoms with Crippen LogP contribution in [-0.4, -0.2) is 15.1 Å². The molecule has 3 N–H and O–H groups in total. The Labute approximate surface area is 117 Å². The first-order chi connectivity index (χ1) is 10.1. The van der Waals surface area contributed by atoms with Gasteiger partial charge in [0, 0.05) is 0 Å². The van der Waals surface area contributed by atoms with Gasteiger partial charge in [0.2, 0.25) is 11.6 Å². The highest BCUT2D eigenvalue weighted by atomic mass is 16.3. The molecule has 3 rings (SSSR count). The van der Waals surface area contributed by atoms with Crippen LogP contribution in [-0.2, 0) is 0 Å². The van der Waals surface area contributed by atoms with E-state index in [2.05, 4.69) is 10.2 Å². The van der Waals surface area contributed by atoms with Gasteiger partial charge in [0.15, 0.2) is 0 Å². The molecular formula is C14H10N4O3. The van der Waals surface area contributed by atoms with Crippen molar-refractivity contribution >= 4 is 22.1 Å². The first-order valence-corrected chi connectivity index (χ1v) is 6.09. The van der Waals surface area contributed by atoms with E-state index >= 15 is 0 Å². The van der Waals surface area contributed by atoms with E-state index in [9.17, 15) is 14.7 Å². The van der Waals surface area contributed by atoms with Crippen LogP contribution in [0.4, 0.5) is 11.4 Å². The van der Waals surface area contributed by atoms with Gasteiger partial charge in [-0.05, 0) is 22.9 Å². The Kier molecular flexibility index (Phi) is 3.07. The quantitative estimate of drug-likeness (QED) is 0.627. The van der Waals surface area contributed by atoms with E-state index in [4.69, 9.17) is 0 Å². The van der Waals surface area contributed by atoms with Crippen LogP contribution < -0.4 is 11.2 Å². The Morgan fingerprint density at radius 1 is 0.905 bits per heavy atom. The molecule has 0 aliphatic rings. The zero-order valence-corrected chi connectivity index (χ0v) is 10.7. The Morgan fingerprint density at radius 3 is 2.43 bits per heavy atom. The van der Waals surface area contributed by atoms with Crippen molar-refractivity contribution in [3.8, 4) is 5.88 Å². The van der Waals surface area contributed by atoms with E-state index in [0.29, 0.717) is 5.69 Å². The van der Waals surface area contributed by atoms with Gasteiger partial charge in [-0.25, -0.2) is 4.79 Å². The fourth-order valence-electron chi connectivity index (χ4n) is 1.91. The van der Waals surface area contributed by atoms with E-state index in [1.807, 2.05) is 40.3 Å². The van der Waals surface area contributed by atoms with E-state index in [-0.39, 0.29) is 5.69 Å². The summed E-state index contributed by atoms with van der Waals surface area (Å²) in [6.45, 7) is 0. The number of aromatic amines is 2. The molecule has 0 spiro atoms. The molecule has 0 bridgehead atoms. The number of hydrogen-bond acceptors (Lipinski definition) is 5. The SMILES string of the molecule is O=c1[nH]c(O)c(N=Nc2ccc3ccccc3c2)c(=O)[nH]1. The van der Waals surface area contributed by atoms with Gasteiger partial charge in [-0.2, -0.15) is 5.11 Å². The molecule has 0 saturated carbocycles. The van der Waals surface area contributed by atoms with Crippen LogP contribution in [0, 0.1) is 0 Å². The number of aromatic nitrogens is 2. The molecule has 1 heterocycles. The number of azo groups is 1. The van der Waals surface area contributed by atoms with Crippen molar-refractivity contribution in [3.63, 3.8) is 0 Å². The molecule has 7 nitrogen and oxygen atoms in total. The minimum atomic E-state index is -0.805. The van der Waals surface area contributed by atoms with Gasteiger partial charge >= 0.3 is 5.69 Å². The predicted molar refractivity (Wildman–Crippen MR) is 77.5 cm³/mol. The molecule has 0 aliphatic carbocycles. The summed E-state index contributed by atoms with van der Waals surface area (Å²) in [5, 5.41) is 19.1. The zero-order valence-electron chi connectivity index (χ0n) is 10.7. The molecule has 0 radical (unpaired) electrons. The normalized spacial score (nSPS) is 11.2. The summed E-state index contributed by atoms with van der Waals surface area (Å²) in [6.07, 6.45) is 0. The molecule has 2 aromatic carbocycles. The average Bonchev–Trinajstić information content (AvgIpc) is 2.46. The van der Waals surface area contributed by atoms with Gasteiger partial charge in [0.05, 0.1) is 5.69 Å². The highest BCUT2D eigenvalue weighted by Gasteiger charge is 2.07. The summed E-state index contributed by atoms with van der Waals surface area (Å²) in [5.41, 5.74) is -1.43. The highest BCUT2D eigenvalue weighted by molar-refractivity contribution is 5.85. The lowest BCUT2D eigenvalue weighted by Crippen LogP contribution is -2.20. The number of rotatable bonds is 2. The smallest absolute Gasteiger partial charge is 0.328 e. The van der Waals surface area contributed by atoms with Crippen LogP contribution in [0.2, 0.25) is 0 Å². The fourth-order valence-corrected chi connectivity index (χ4v) is 1.91. The molecule has 0 saturated heterocycles. The molecular weight excluding hydrogens is 272 g/mol. The molecule has 104 valence electrons. The van der Waals surface area contributed by atoms with Crippen molar-refractivity contribution < 1.29 is 5.11 Å². The van der Waals surface area contributed by atoms with Gasteiger partial charge in [-0.1, -0.05) is 30.3 Å². The maximum Gasteiger partial charge on any atom is 0.328 e. The summed E-state index contributed by atoms with van der Waals surface area (Å²) in [7, 11) is 0. The molecule has 0 aliphatic heterocycles. The maximum atomic E-state index is 11.5. The Bertz CT molecular complexity index is 956. The topological polar surface area (TPSA) is 111 Å². The maximum absolute atomic E-state index is 11.5. The van der Waals surface area contributed by atoms with Gasteiger partial charge in [0.1, 0.15) is 0 Å². The second-order valence-corrected chi connectivity index (χ2v) is 4.34. The Hall–Kier alpha value is -3.22. The van der Waals surface area contributed by atoms with E-state index in [0.717, 1.165) is 10.8 Å². The van der Waals surface area contributed by atoms with Crippen molar-refractivity contribution in [1.82, 2.24) is 9.97 Å². The summed E-state index contributed by atoms with van der Waals surface area (Å²) in [6, 6.07) is 13.1. The van der Waals surface area contributed by atoms with Gasteiger partial charge in [-0.15, -0.1) is 5.11 Å². The van der Waals surface area contributed by atoms with Crippen molar-refractivity contribution in [2.75, 3.05) is 0 Å². The third-order valence-corrected chi connectivity index (χ3v) is 2.90. The first kappa shape index (κ1) is 12.8. The van der Waals surface area contributed by atoms with E-state index in [1.165, 1.54) is 0 Å².